The first kappa shape index (κ1) is 31.1. The van der Waals surface area contributed by atoms with Gasteiger partial charge in [-0.2, -0.15) is 4.90 Å². The van der Waals surface area contributed by atoms with E-state index < -0.39 is 35.1 Å². The summed E-state index contributed by atoms with van der Waals surface area (Å²) in [6.07, 6.45) is 0.457. The lowest BCUT2D eigenvalue weighted by molar-refractivity contribution is 0.0429. The number of anilines is 3. The second kappa shape index (κ2) is 11.2. The van der Waals surface area contributed by atoms with Gasteiger partial charge >= 0.3 is 18.3 Å². The summed E-state index contributed by atoms with van der Waals surface area (Å²) >= 11 is 0. The Bertz CT molecular complexity index is 1460. The number of amides is 3. The highest BCUT2D eigenvalue weighted by atomic mass is 16.6. The minimum absolute atomic E-state index is 0.167. The zero-order valence-corrected chi connectivity index (χ0v) is 25.2. The van der Waals surface area contributed by atoms with E-state index in [2.05, 4.69) is 20.5 Å². The fourth-order valence-corrected chi connectivity index (χ4v) is 3.76. The SMILES string of the molecule is Cc1c(-c2cc(NC(=O)OC(C)(C)C)c3nnc(N)cc3c2)cncc1N(C(=O)OC(C)(C)C)C(=O)OC(C)(C)C. The van der Waals surface area contributed by atoms with Gasteiger partial charge in [0.05, 0.1) is 17.6 Å². The second-order valence-electron chi connectivity index (χ2n) is 12.5. The van der Waals surface area contributed by atoms with Crippen LogP contribution in [0.25, 0.3) is 22.0 Å². The van der Waals surface area contributed by atoms with Crippen LogP contribution in [0.3, 0.4) is 0 Å². The van der Waals surface area contributed by atoms with E-state index in [1.165, 1.54) is 6.20 Å². The number of aromatic nitrogens is 3. The van der Waals surface area contributed by atoms with E-state index in [4.69, 9.17) is 19.9 Å². The summed E-state index contributed by atoms with van der Waals surface area (Å²) in [6.45, 7) is 17.2. The minimum atomic E-state index is -0.914. The number of rotatable bonds is 3. The Morgan fingerprint density at radius 1 is 0.805 bits per heavy atom. The smallest absolute Gasteiger partial charge is 0.424 e. The maximum atomic E-state index is 13.3. The Kier molecular flexibility index (Phi) is 8.47. The van der Waals surface area contributed by atoms with Gasteiger partial charge in [-0.25, -0.2) is 14.4 Å². The van der Waals surface area contributed by atoms with Gasteiger partial charge in [0.15, 0.2) is 0 Å². The fourth-order valence-electron chi connectivity index (χ4n) is 3.76. The average molecular weight is 567 g/mol. The van der Waals surface area contributed by atoms with E-state index in [9.17, 15) is 14.4 Å². The van der Waals surface area contributed by atoms with Crippen molar-refractivity contribution in [2.45, 2.75) is 86.0 Å². The second-order valence-corrected chi connectivity index (χ2v) is 12.5. The number of nitrogen functional groups attached to an aromatic ring is 1. The number of benzene rings is 1. The van der Waals surface area contributed by atoms with Crippen molar-refractivity contribution >= 4 is 46.4 Å². The van der Waals surface area contributed by atoms with Crippen LogP contribution < -0.4 is 16.0 Å². The van der Waals surface area contributed by atoms with Crippen molar-refractivity contribution in [2.75, 3.05) is 16.0 Å². The summed E-state index contributed by atoms with van der Waals surface area (Å²) in [5.74, 6) is 0.183. The van der Waals surface area contributed by atoms with Gasteiger partial charge in [-0.3, -0.25) is 10.3 Å². The molecule has 0 spiro atoms. The van der Waals surface area contributed by atoms with Crippen molar-refractivity contribution in [2.24, 2.45) is 0 Å². The summed E-state index contributed by atoms with van der Waals surface area (Å²) in [6, 6.07) is 5.09. The lowest BCUT2D eigenvalue weighted by Crippen LogP contribution is -2.44. The standard InChI is InChI=1S/C29H38N6O6/c1-16-19(14-31-15-21(16)35(25(37)40-28(5,6)7)26(38)41-29(8,9)10)17-11-18-13-22(30)33-34-23(18)20(12-17)32-24(36)39-27(2,3)4/h11-15H,1-10H3,(H2,30,33)(H,32,36). The zero-order chi connectivity index (χ0) is 30.9. The number of hydrogen-bond acceptors (Lipinski definition) is 10. The van der Waals surface area contributed by atoms with Crippen LogP contribution in [0.1, 0.15) is 67.9 Å². The Labute approximate surface area is 239 Å². The molecule has 0 aliphatic rings. The molecule has 0 bridgehead atoms. The van der Waals surface area contributed by atoms with Crippen molar-refractivity contribution in [1.29, 1.82) is 0 Å². The number of nitrogens with zero attached hydrogens (tertiary/aromatic N) is 4. The summed E-state index contributed by atoms with van der Waals surface area (Å²) in [5.41, 5.74) is 5.97. The maximum Gasteiger partial charge on any atom is 0.424 e. The first-order valence-corrected chi connectivity index (χ1v) is 13.0. The highest BCUT2D eigenvalue weighted by Gasteiger charge is 2.34. The molecule has 0 atom stereocenters. The maximum absolute atomic E-state index is 13.3. The average Bonchev–Trinajstić information content (AvgIpc) is 2.76. The number of pyridine rings is 1. The third kappa shape index (κ3) is 8.26. The van der Waals surface area contributed by atoms with Gasteiger partial charge in [-0.1, -0.05) is 0 Å². The molecule has 12 nitrogen and oxygen atoms in total. The van der Waals surface area contributed by atoms with Gasteiger partial charge in [-0.15, -0.1) is 10.2 Å². The number of ether oxygens (including phenoxy) is 3. The molecule has 0 aliphatic carbocycles. The number of carbonyl (C=O) groups is 3. The molecular formula is C29H38N6O6. The van der Waals surface area contributed by atoms with E-state index in [1.807, 2.05) is 0 Å². The number of carbonyl (C=O) groups excluding carboxylic acids is 3. The zero-order valence-electron chi connectivity index (χ0n) is 25.2. The largest absolute Gasteiger partial charge is 0.444 e. The van der Waals surface area contributed by atoms with Gasteiger partial charge in [0.2, 0.25) is 0 Å². The van der Waals surface area contributed by atoms with Crippen LogP contribution in [0, 0.1) is 6.92 Å². The van der Waals surface area contributed by atoms with E-state index in [1.54, 1.807) is 93.6 Å². The topological polar surface area (TPSA) is 159 Å². The molecule has 0 saturated carbocycles. The molecule has 3 amide bonds. The molecule has 0 radical (unpaired) electrons. The predicted octanol–water partition coefficient (Wildman–Crippen LogP) is 6.61. The third-order valence-corrected chi connectivity index (χ3v) is 5.24. The molecule has 1 aromatic carbocycles. The van der Waals surface area contributed by atoms with Crippen LogP contribution in [-0.4, -0.2) is 50.3 Å². The van der Waals surface area contributed by atoms with Crippen molar-refractivity contribution in [3.8, 4) is 11.1 Å². The highest BCUT2D eigenvalue weighted by molar-refractivity contribution is 6.10. The predicted molar refractivity (Wildman–Crippen MR) is 157 cm³/mol. The lowest BCUT2D eigenvalue weighted by Gasteiger charge is -2.29. The summed E-state index contributed by atoms with van der Waals surface area (Å²) in [4.78, 5) is 44.3. The molecule has 220 valence electrons. The Morgan fingerprint density at radius 3 is 1.90 bits per heavy atom. The van der Waals surface area contributed by atoms with Crippen molar-refractivity contribution in [1.82, 2.24) is 15.2 Å². The van der Waals surface area contributed by atoms with E-state index in [0.717, 1.165) is 4.90 Å². The summed E-state index contributed by atoms with van der Waals surface area (Å²) < 4.78 is 16.5. The van der Waals surface area contributed by atoms with Crippen molar-refractivity contribution < 1.29 is 28.6 Å². The van der Waals surface area contributed by atoms with Crippen molar-refractivity contribution in [3.63, 3.8) is 0 Å². The number of fused-ring (bicyclic) bond motifs is 1. The molecule has 3 rings (SSSR count). The summed E-state index contributed by atoms with van der Waals surface area (Å²) in [5, 5.41) is 11.4. The van der Waals surface area contributed by atoms with Gasteiger partial charge in [-0.05, 0) is 98.6 Å². The normalized spacial score (nSPS) is 12.0. The van der Waals surface area contributed by atoms with Crippen LogP contribution in [0.4, 0.5) is 31.6 Å². The van der Waals surface area contributed by atoms with Crippen LogP contribution in [0.2, 0.25) is 0 Å². The molecule has 12 heteroatoms. The van der Waals surface area contributed by atoms with Crippen LogP contribution in [-0.2, 0) is 14.2 Å². The first-order chi connectivity index (χ1) is 18.7. The molecule has 3 aromatic rings. The number of hydrogen-bond donors (Lipinski definition) is 2. The molecule has 2 aromatic heterocycles. The Balaban J connectivity index is 2.18. The van der Waals surface area contributed by atoms with Gasteiger partial charge in [0.1, 0.15) is 28.1 Å². The first-order valence-electron chi connectivity index (χ1n) is 13.0. The quantitative estimate of drug-likeness (QED) is 0.330. The van der Waals surface area contributed by atoms with E-state index >= 15 is 0 Å². The molecule has 0 unspecified atom stereocenters. The Morgan fingerprint density at radius 2 is 1.37 bits per heavy atom. The molecule has 0 aliphatic heterocycles. The Hall–Kier alpha value is -4.48. The highest BCUT2D eigenvalue weighted by Crippen LogP contribution is 2.36. The van der Waals surface area contributed by atoms with E-state index in [-0.39, 0.29) is 11.5 Å². The molecule has 3 N–H and O–H groups in total. The molecular weight excluding hydrogens is 528 g/mol. The van der Waals surface area contributed by atoms with Crippen molar-refractivity contribution in [3.05, 3.63) is 36.2 Å². The molecule has 2 heterocycles. The van der Waals surface area contributed by atoms with Crippen LogP contribution in [0.15, 0.2) is 30.6 Å². The van der Waals surface area contributed by atoms with Gasteiger partial charge in [0, 0.05) is 17.1 Å². The monoisotopic (exact) mass is 566 g/mol. The fraction of sp³-hybridized carbons (Fsp3) is 0.448. The molecule has 41 heavy (non-hydrogen) atoms. The molecule has 0 fully saturated rings. The minimum Gasteiger partial charge on any atom is -0.444 e. The van der Waals surface area contributed by atoms with E-state index in [0.29, 0.717) is 33.3 Å². The van der Waals surface area contributed by atoms with Crippen LogP contribution >= 0.6 is 0 Å². The number of nitrogens with one attached hydrogen (secondary N) is 1. The number of nitrogens with two attached hydrogens (primary N) is 1. The summed E-state index contributed by atoms with van der Waals surface area (Å²) in [7, 11) is 0. The molecule has 0 saturated heterocycles. The van der Waals surface area contributed by atoms with Crippen LogP contribution in [0.5, 0.6) is 0 Å². The lowest BCUT2D eigenvalue weighted by atomic mass is 9.99. The number of imide groups is 1. The van der Waals surface area contributed by atoms with Gasteiger partial charge in [0.25, 0.3) is 0 Å². The third-order valence-electron chi connectivity index (χ3n) is 5.24. The van der Waals surface area contributed by atoms with Gasteiger partial charge < -0.3 is 19.9 Å².